The smallest absolute Gasteiger partial charge is 0.251 e. The second kappa shape index (κ2) is 10.7. The predicted octanol–water partition coefficient (Wildman–Crippen LogP) is 3.73. The molecule has 0 unspecified atom stereocenters. The minimum atomic E-state index is -3.69. The van der Waals surface area contributed by atoms with E-state index in [2.05, 4.69) is 10.6 Å². The monoisotopic (exact) mass is 459 g/mol. The Morgan fingerprint density at radius 1 is 1.00 bits per heavy atom. The van der Waals surface area contributed by atoms with Crippen molar-refractivity contribution >= 4 is 27.5 Å². The second-order valence-electron chi connectivity index (χ2n) is 8.05. The first-order valence-corrected chi connectivity index (χ1v) is 12.2. The average molecular weight is 460 g/mol. The zero-order valence-corrected chi connectivity index (χ0v) is 20.4. The minimum Gasteiger partial charge on any atom is -0.340 e. The van der Waals surface area contributed by atoms with E-state index >= 15 is 0 Å². The van der Waals surface area contributed by atoms with Gasteiger partial charge < -0.3 is 10.6 Å². The zero-order valence-electron chi connectivity index (χ0n) is 19.6. The van der Waals surface area contributed by atoms with Crippen molar-refractivity contribution in [3.63, 3.8) is 0 Å². The SMILES string of the molecule is CCN(CC)S(=O)(=O)c1cccc(C(=O)N[C@H](C(=O)Nc2cccc(C)c2C)C(C)C)c1. The normalized spacial score (nSPS) is 12.6. The first-order valence-electron chi connectivity index (χ1n) is 10.8. The van der Waals surface area contributed by atoms with E-state index < -0.39 is 22.0 Å². The van der Waals surface area contributed by atoms with Gasteiger partial charge in [-0.05, 0) is 55.2 Å². The summed E-state index contributed by atoms with van der Waals surface area (Å²) in [4.78, 5) is 25.9. The summed E-state index contributed by atoms with van der Waals surface area (Å²) in [5.74, 6) is -1.00. The molecule has 0 fully saturated rings. The van der Waals surface area contributed by atoms with E-state index in [0.29, 0.717) is 18.8 Å². The number of benzene rings is 2. The van der Waals surface area contributed by atoms with Gasteiger partial charge in [-0.25, -0.2) is 8.42 Å². The van der Waals surface area contributed by atoms with Gasteiger partial charge >= 0.3 is 0 Å². The lowest BCUT2D eigenvalue weighted by atomic mass is 10.0. The molecule has 0 saturated carbocycles. The van der Waals surface area contributed by atoms with Gasteiger partial charge in [0.1, 0.15) is 6.04 Å². The van der Waals surface area contributed by atoms with Crippen molar-refractivity contribution < 1.29 is 18.0 Å². The summed E-state index contributed by atoms with van der Waals surface area (Å²) in [6.45, 7) is 11.8. The molecule has 32 heavy (non-hydrogen) atoms. The van der Waals surface area contributed by atoms with Crippen molar-refractivity contribution in [1.82, 2.24) is 9.62 Å². The van der Waals surface area contributed by atoms with Crippen LogP contribution in [0.4, 0.5) is 5.69 Å². The number of sulfonamides is 1. The largest absolute Gasteiger partial charge is 0.340 e. The summed E-state index contributed by atoms with van der Waals surface area (Å²) >= 11 is 0. The highest BCUT2D eigenvalue weighted by Crippen LogP contribution is 2.20. The average Bonchev–Trinajstić information content (AvgIpc) is 2.75. The predicted molar refractivity (Wildman–Crippen MR) is 127 cm³/mol. The van der Waals surface area contributed by atoms with E-state index in [1.54, 1.807) is 13.8 Å². The molecule has 0 saturated heterocycles. The van der Waals surface area contributed by atoms with Crippen LogP contribution in [0.1, 0.15) is 49.2 Å². The molecule has 2 rings (SSSR count). The molecule has 2 aromatic carbocycles. The Bertz CT molecular complexity index is 1080. The number of amides is 2. The van der Waals surface area contributed by atoms with E-state index in [1.807, 2.05) is 45.9 Å². The van der Waals surface area contributed by atoms with Crippen molar-refractivity contribution in [2.24, 2.45) is 5.92 Å². The second-order valence-corrected chi connectivity index (χ2v) is 9.99. The summed E-state index contributed by atoms with van der Waals surface area (Å²) < 4.78 is 26.9. The van der Waals surface area contributed by atoms with Crippen molar-refractivity contribution in [2.45, 2.75) is 52.5 Å². The van der Waals surface area contributed by atoms with Gasteiger partial charge in [0.2, 0.25) is 15.9 Å². The van der Waals surface area contributed by atoms with E-state index in [4.69, 9.17) is 0 Å². The van der Waals surface area contributed by atoms with Crippen LogP contribution in [0.25, 0.3) is 0 Å². The van der Waals surface area contributed by atoms with Crippen LogP contribution in [-0.2, 0) is 14.8 Å². The molecule has 174 valence electrons. The quantitative estimate of drug-likeness (QED) is 0.597. The van der Waals surface area contributed by atoms with Crippen LogP contribution >= 0.6 is 0 Å². The number of nitrogens with zero attached hydrogens (tertiary/aromatic N) is 1. The minimum absolute atomic E-state index is 0.0507. The fraction of sp³-hybridized carbons (Fsp3) is 0.417. The van der Waals surface area contributed by atoms with Gasteiger partial charge in [0.05, 0.1) is 4.90 Å². The Labute approximate surface area is 191 Å². The molecule has 0 aliphatic heterocycles. The fourth-order valence-electron chi connectivity index (χ4n) is 3.37. The molecule has 0 aliphatic rings. The van der Waals surface area contributed by atoms with Crippen molar-refractivity contribution in [3.05, 3.63) is 59.2 Å². The topological polar surface area (TPSA) is 95.6 Å². The number of hydrogen-bond acceptors (Lipinski definition) is 4. The summed E-state index contributed by atoms with van der Waals surface area (Å²) in [5, 5.41) is 5.66. The standard InChI is InChI=1S/C24H33N3O4S/c1-7-27(8-2)32(30,31)20-13-10-12-19(15-20)23(28)26-22(16(3)4)24(29)25-21-14-9-11-17(5)18(21)6/h9-16,22H,7-8H2,1-6H3,(H,25,29)(H,26,28)/t22-/m0/s1. The number of anilines is 1. The van der Waals surface area contributed by atoms with Crippen LogP contribution in [0, 0.1) is 19.8 Å². The molecule has 0 aliphatic carbocycles. The molecule has 8 heteroatoms. The molecule has 0 spiro atoms. The van der Waals surface area contributed by atoms with Gasteiger partial charge in [-0.3, -0.25) is 9.59 Å². The molecule has 2 N–H and O–H groups in total. The maximum atomic E-state index is 12.9. The van der Waals surface area contributed by atoms with E-state index in [1.165, 1.54) is 28.6 Å². The lowest BCUT2D eigenvalue weighted by Gasteiger charge is -2.23. The number of carbonyl (C=O) groups is 2. The highest BCUT2D eigenvalue weighted by molar-refractivity contribution is 7.89. The molecule has 0 radical (unpaired) electrons. The Morgan fingerprint density at radius 2 is 1.62 bits per heavy atom. The van der Waals surface area contributed by atoms with Gasteiger partial charge in [-0.15, -0.1) is 0 Å². The van der Waals surface area contributed by atoms with Gasteiger partial charge in [-0.1, -0.05) is 45.9 Å². The summed E-state index contributed by atoms with van der Waals surface area (Å²) in [6, 6.07) is 10.8. The lowest BCUT2D eigenvalue weighted by Crippen LogP contribution is -2.47. The Balaban J connectivity index is 2.25. The van der Waals surface area contributed by atoms with Gasteiger partial charge in [0.15, 0.2) is 0 Å². The highest BCUT2D eigenvalue weighted by Gasteiger charge is 2.27. The van der Waals surface area contributed by atoms with E-state index in [9.17, 15) is 18.0 Å². The van der Waals surface area contributed by atoms with Crippen LogP contribution < -0.4 is 10.6 Å². The van der Waals surface area contributed by atoms with Crippen molar-refractivity contribution in [2.75, 3.05) is 18.4 Å². The number of rotatable bonds is 9. The maximum absolute atomic E-state index is 12.9. The third-order valence-corrected chi connectivity index (χ3v) is 7.58. The summed E-state index contributed by atoms with van der Waals surface area (Å²) in [7, 11) is -3.69. The fourth-order valence-corrected chi connectivity index (χ4v) is 4.87. The Morgan fingerprint density at radius 3 is 2.22 bits per heavy atom. The number of nitrogens with one attached hydrogen (secondary N) is 2. The van der Waals surface area contributed by atoms with Gasteiger partial charge in [0, 0.05) is 24.3 Å². The number of aryl methyl sites for hydroxylation is 1. The van der Waals surface area contributed by atoms with Crippen molar-refractivity contribution in [3.8, 4) is 0 Å². The van der Waals surface area contributed by atoms with Crippen molar-refractivity contribution in [1.29, 1.82) is 0 Å². The van der Waals surface area contributed by atoms with Gasteiger partial charge in [0.25, 0.3) is 5.91 Å². The zero-order chi connectivity index (χ0) is 24.1. The third-order valence-electron chi connectivity index (χ3n) is 5.54. The van der Waals surface area contributed by atoms with Crippen LogP contribution in [0.15, 0.2) is 47.4 Å². The lowest BCUT2D eigenvalue weighted by molar-refractivity contribution is -0.118. The first-order chi connectivity index (χ1) is 15.0. The highest BCUT2D eigenvalue weighted by atomic mass is 32.2. The maximum Gasteiger partial charge on any atom is 0.251 e. The molecule has 7 nitrogen and oxygen atoms in total. The molecule has 2 amide bonds. The molecular weight excluding hydrogens is 426 g/mol. The number of hydrogen-bond donors (Lipinski definition) is 2. The van der Waals surface area contributed by atoms with E-state index in [0.717, 1.165) is 11.1 Å². The molecule has 1 atom stereocenters. The molecule has 0 aromatic heterocycles. The Hall–Kier alpha value is -2.71. The first kappa shape index (κ1) is 25.5. The Kier molecular flexibility index (Phi) is 8.58. The van der Waals surface area contributed by atoms with Gasteiger partial charge in [-0.2, -0.15) is 4.31 Å². The third kappa shape index (κ3) is 5.75. The molecule has 2 aromatic rings. The van der Waals surface area contributed by atoms with Crippen LogP contribution in [0.3, 0.4) is 0 Å². The van der Waals surface area contributed by atoms with Crippen LogP contribution in [0.5, 0.6) is 0 Å². The summed E-state index contributed by atoms with van der Waals surface area (Å²) in [5.41, 5.74) is 2.90. The molecular formula is C24H33N3O4S. The van der Waals surface area contributed by atoms with Crippen LogP contribution in [0.2, 0.25) is 0 Å². The summed E-state index contributed by atoms with van der Waals surface area (Å²) in [6.07, 6.45) is 0. The van der Waals surface area contributed by atoms with E-state index in [-0.39, 0.29) is 22.3 Å². The molecule has 0 heterocycles. The molecule has 0 bridgehead atoms. The van der Waals surface area contributed by atoms with Crippen LogP contribution in [-0.4, -0.2) is 43.7 Å². The number of carbonyl (C=O) groups excluding carboxylic acids is 2.